The molecule has 0 atom stereocenters. The summed E-state index contributed by atoms with van der Waals surface area (Å²) in [6, 6.07) is 0. The monoisotopic (exact) mass is 242 g/mol. The van der Waals surface area contributed by atoms with Crippen molar-refractivity contribution < 1.29 is 0 Å². The first-order valence-electron chi connectivity index (χ1n) is 2.18. The summed E-state index contributed by atoms with van der Waals surface area (Å²) in [6.45, 7) is 0. The number of hydrogen-bond acceptors (Lipinski definition) is 5. The normalized spacial score (nSPS) is 9.80. The molecule has 0 spiro atoms. The van der Waals surface area contributed by atoms with Crippen LogP contribution < -0.4 is 0 Å². The van der Waals surface area contributed by atoms with Crippen LogP contribution in [0, 0.1) is 0 Å². The van der Waals surface area contributed by atoms with Crippen molar-refractivity contribution in [1.29, 1.82) is 0 Å². The highest BCUT2D eigenvalue weighted by Crippen LogP contribution is 2.33. The van der Waals surface area contributed by atoms with Crippen LogP contribution >= 0.6 is 70.4 Å². The average Bonchev–Trinajstić information content (AvgIpc) is 1.84. The molecule has 0 amide bonds. The third-order valence-electron chi connectivity index (χ3n) is 0.799. The fourth-order valence-corrected chi connectivity index (χ4v) is 3.51. The van der Waals surface area contributed by atoms with Crippen molar-refractivity contribution in [1.82, 2.24) is 0 Å². The molecule has 0 saturated carbocycles. The number of thiol groups is 2. The molecule has 1 heterocycles. The third kappa shape index (κ3) is 1.80. The van der Waals surface area contributed by atoms with Crippen molar-refractivity contribution >= 4 is 79.4 Å². The van der Waals surface area contributed by atoms with E-state index in [0.717, 1.165) is 9.09 Å². The summed E-state index contributed by atoms with van der Waals surface area (Å²) < 4.78 is 1.43. The lowest BCUT2D eigenvalue weighted by atomic mass is 10.4. The van der Waals surface area contributed by atoms with Gasteiger partial charge in [0.2, 0.25) is 0 Å². The van der Waals surface area contributed by atoms with Crippen LogP contribution in [0.1, 0.15) is 4.88 Å². The maximum absolute atomic E-state index is 4.97. The molecule has 0 unspecified atom stereocenters. The maximum atomic E-state index is 4.97. The minimum Gasteiger partial charge on any atom is -0.130 e. The molecule has 1 aromatic heterocycles. The molecule has 1 rings (SSSR count). The second-order valence-corrected chi connectivity index (χ2v) is 5.90. The van der Waals surface area contributed by atoms with Crippen LogP contribution in [0.25, 0.3) is 0 Å². The van der Waals surface area contributed by atoms with Gasteiger partial charge in [0.25, 0.3) is 0 Å². The van der Waals surface area contributed by atoms with Crippen molar-refractivity contribution in [2.75, 3.05) is 0 Å². The lowest BCUT2D eigenvalue weighted by Gasteiger charge is -2.04. The van der Waals surface area contributed by atoms with Crippen LogP contribution in [0.3, 0.4) is 0 Å². The Balaban J connectivity index is 2.83. The molecule has 0 N–H and O–H groups in total. The average molecular weight is 242 g/mol. The van der Waals surface area contributed by atoms with Gasteiger partial charge in [0.15, 0.2) is 0 Å². The van der Waals surface area contributed by atoms with Gasteiger partial charge in [0.1, 0.15) is 0 Å². The predicted octanol–water partition coefficient (Wildman–Crippen LogP) is 3.07. The fraction of sp³-hybridized carbons (Fsp3) is 0. The van der Waals surface area contributed by atoms with E-state index in [0.29, 0.717) is 9.06 Å². The van der Waals surface area contributed by atoms with Crippen molar-refractivity contribution in [2.24, 2.45) is 0 Å². The molecule has 0 radical (unpaired) electrons. The van der Waals surface area contributed by atoms with E-state index in [-0.39, 0.29) is 0 Å². The lowest BCUT2D eigenvalue weighted by molar-refractivity contribution is 1.79. The highest BCUT2D eigenvalue weighted by atomic mass is 32.9. The molecule has 54 valence electrons. The van der Waals surface area contributed by atoms with E-state index in [1.807, 2.05) is 0 Å². The highest BCUT2D eigenvalue weighted by molar-refractivity contribution is 8.16. The Kier molecular flexibility index (Phi) is 3.33. The van der Waals surface area contributed by atoms with E-state index in [4.69, 9.17) is 24.4 Å². The second-order valence-electron chi connectivity index (χ2n) is 1.44. The molecule has 0 aliphatic carbocycles. The van der Waals surface area contributed by atoms with Crippen LogP contribution in [-0.2, 0) is 0 Å². The Morgan fingerprint density at radius 2 is 1.90 bits per heavy atom. The molecule has 6 heteroatoms. The zero-order valence-electron chi connectivity index (χ0n) is 4.53. The Labute approximate surface area is 87.8 Å². The van der Waals surface area contributed by atoms with Gasteiger partial charge in [-0.1, -0.05) is 45.1 Å². The van der Waals surface area contributed by atoms with Gasteiger partial charge in [0.05, 0.1) is 18.1 Å². The Morgan fingerprint density at radius 1 is 1.30 bits per heavy atom. The minimum atomic E-state index is 0.476. The van der Waals surface area contributed by atoms with Crippen LogP contribution in [0.5, 0.6) is 0 Å². The van der Waals surface area contributed by atoms with Gasteiger partial charge < -0.3 is 0 Å². The Morgan fingerprint density at radius 3 is 2.00 bits per heavy atom. The fourth-order valence-electron chi connectivity index (χ4n) is 0.353. The molecular weight excluding hydrogens is 240 g/mol. The molecular formula is C4H2S6. The van der Waals surface area contributed by atoms with Gasteiger partial charge >= 0.3 is 0 Å². The van der Waals surface area contributed by atoms with Crippen LogP contribution in [0.15, 0.2) is 4.21 Å². The maximum Gasteiger partial charge on any atom is 0.0871 e. The van der Waals surface area contributed by atoms with E-state index in [9.17, 15) is 0 Å². The standard InChI is InChI=1S/C4H2S6/c5-1(3(6)7)2-4(8)10-9-2/h8H,(H,6,7). The zero-order chi connectivity index (χ0) is 7.72. The van der Waals surface area contributed by atoms with Crippen LogP contribution in [0.4, 0.5) is 0 Å². The zero-order valence-corrected chi connectivity index (χ0v) is 9.58. The summed E-state index contributed by atoms with van der Waals surface area (Å²) in [6.07, 6.45) is 0. The van der Waals surface area contributed by atoms with Gasteiger partial charge in [-0.05, 0) is 0 Å². The molecule has 0 saturated heterocycles. The lowest BCUT2D eigenvalue weighted by Crippen LogP contribution is -2.03. The smallest absolute Gasteiger partial charge is 0.0871 e. The Bertz CT molecular complexity index is 265. The summed E-state index contributed by atoms with van der Waals surface area (Å²) in [7, 11) is 3.19. The molecule has 0 bridgehead atoms. The number of hydrogen-bond donors (Lipinski definition) is 2. The van der Waals surface area contributed by atoms with E-state index >= 15 is 0 Å². The highest BCUT2D eigenvalue weighted by Gasteiger charge is 2.12. The summed E-state index contributed by atoms with van der Waals surface area (Å²) in [5, 5.41) is 0. The molecule has 10 heavy (non-hydrogen) atoms. The molecule has 0 aromatic carbocycles. The van der Waals surface area contributed by atoms with Crippen LogP contribution in [0.2, 0.25) is 0 Å². The van der Waals surface area contributed by atoms with E-state index in [2.05, 4.69) is 25.3 Å². The van der Waals surface area contributed by atoms with Crippen molar-refractivity contribution in [3.8, 4) is 0 Å². The molecule has 0 aliphatic rings. The van der Waals surface area contributed by atoms with Gasteiger partial charge in [-0.3, -0.25) is 0 Å². The summed E-state index contributed by atoms with van der Waals surface area (Å²) >= 11 is 17.9. The topological polar surface area (TPSA) is 0 Å². The summed E-state index contributed by atoms with van der Waals surface area (Å²) in [5.41, 5.74) is 0. The van der Waals surface area contributed by atoms with Crippen molar-refractivity contribution in [3.63, 3.8) is 0 Å². The predicted molar refractivity (Wildman–Crippen MR) is 62.7 cm³/mol. The van der Waals surface area contributed by atoms with Gasteiger partial charge in [-0.2, -0.15) is 0 Å². The third-order valence-corrected chi connectivity index (χ3v) is 5.46. The van der Waals surface area contributed by atoms with Crippen molar-refractivity contribution in [2.45, 2.75) is 4.21 Å². The molecule has 1 aromatic rings. The number of thiocarbonyl (C=S) groups is 2. The van der Waals surface area contributed by atoms with Gasteiger partial charge in [-0.15, -0.1) is 25.3 Å². The second kappa shape index (κ2) is 3.64. The van der Waals surface area contributed by atoms with Gasteiger partial charge in [0, 0.05) is 0 Å². The SMILES string of the molecule is S=C(S)C(=S)c1ssc1S. The van der Waals surface area contributed by atoms with E-state index in [1.54, 1.807) is 20.7 Å². The first kappa shape index (κ1) is 9.15. The molecule has 0 aliphatic heterocycles. The first-order valence-corrected chi connectivity index (χ1v) is 6.04. The van der Waals surface area contributed by atoms with E-state index < -0.39 is 0 Å². The van der Waals surface area contributed by atoms with Gasteiger partial charge in [-0.25, -0.2) is 0 Å². The minimum absolute atomic E-state index is 0.476. The Hall–Kier alpha value is 1.06. The molecule has 0 nitrogen and oxygen atoms in total. The quantitative estimate of drug-likeness (QED) is 0.354. The first-order chi connectivity index (χ1) is 4.63. The van der Waals surface area contributed by atoms with Crippen LogP contribution in [-0.4, -0.2) is 9.06 Å². The summed E-state index contributed by atoms with van der Waals surface area (Å²) in [5.74, 6) is 0. The molecule has 0 fully saturated rings. The largest absolute Gasteiger partial charge is 0.130 e. The summed E-state index contributed by atoms with van der Waals surface area (Å²) in [4.78, 5) is 1.63. The van der Waals surface area contributed by atoms with E-state index in [1.165, 1.54) is 0 Å². The van der Waals surface area contributed by atoms with Crippen molar-refractivity contribution in [3.05, 3.63) is 4.88 Å². The number of rotatable bonds is 2.